The third-order valence-electron chi connectivity index (χ3n) is 5.12. The van der Waals surface area contributed by atoms with Gasteiger partial charge in [-0.2, -0.15) is 0 Å². The van der Waals surface area contributed by atoms with E-state index in [1.54, 1.807) is 42.5 Å². The largest absolute Gasteiger partial charge is 0.486 e. The number of likely N-dealkylation sites (N-methyl/N-ethyl adjacent to an activating group) is 1. The van der Waals surface area contributed by atoms with E-state index in [2.05, 4.69) is 10.3 Å². The van der Waals surface area contributed by atoms with Gasteiger partial charge in [-0.25, -0.2) is 0 Å². The number of carbonyl (C=O) groups excluding carboxylic acids is 2. The second-order valence-corrected chi connectivity index (χ2v) is 7.16. The number of nitrogens with zero attached hydrogens (tertiary/aromatic N) is 2. The van der Waals surface area contributed by atoms with Crippen molar-refractivity contribution in [2.45, 2.75) is 12.8 Å². The van der Waals surface area contributed by atoms with Gasteiger partial charge in [-0.05, 0) is 42.7 Å². The Morgan fingerprint density at radius 2 is 1.86 bits per heavy atom. The van der Waals surface area contributed by atoms with E-state index in [1.165, 1.54) is 0 Å². The van der Waals surface area contributed by atoms with Crippen molar-refractivity contribution >= 4 is 17.5 Å². The quantitative estimate of drug-likeness (QED) is 0.829. The zero-order chi connectivity index (χ0) is 19.5. The Kier molecular flexibility index (Phi) is 5.14. The van der Waals surface area contributed by atoms with Gasteiger partial charge in [0.2, 0.25) is 11.8 Å². The van der Waals surface area contributed by atoms with Crippen LogP contribution >= 0.6 is 0 Å². The van der Waals surface area contributed by atoms with Crippen LogP contribution in [0.5, 0.6) is 11.5 Å². The lowest BCUT2D eigenvalue weighted by Gasteiger charge is -2.19. The smallest absolute Gasteiger partial charge is 0.228 e. The third kappa shape index (κ3) is 4.08. The van der Waals surface area contributed by atoms with Crippen molar-refractivity contribution in [3.8, 4) is 11.5 Å². The van der Waals surface area contributed by atoms with E-state index >= 15 is 0 Å². The van der Waals surface area contributed by atoms with Crippen LogP contribution in [0.1, 0.15) is 12.0 Å². The maximum Gasteiger partial charge on any atom is 0.228 e. The third-order valence-corrected chi connectivity index (χ3v) is 5.12. The molecule has 1 aliphatic heterocycles. The van der Waals surface area contributed by atoms with E-state index in [4.69, 9.17) is 9.47 Å². The number of hydrogen-bond donors (Lipinski definition) is 1. The molecule has 4 rings (SSSR count). The zero-order valence-electron chi connectivity index (χ0n) is 15.8. The average molecular weight is 381 g/mol. The van der Waals surface area contributed by atoms with Crippen LogP contribution in [-0.4, -0.2) is 48.5 Å². The molecule has 1 aromatic carbocycles. The number of fused-ring (bicyclic) bond motifs is 1. The van der Waals surface area contributed by atoms with E-state index in [0.717, 1.165) is 12.0 Å². The lowest BCUT2D eigenvalue weighted by molar-refractivity contribution is -0.132. The highest BCUT2D eigenvalue weighted by atomic mass is 16.6. The molecule has 2 unspecified atom stereocenters. The number of amides is 2. The first-order valence-corrected chi connectivity index (χ1v) is 9.46. The molecule has 2 heterocycles. The number of benzene rings is 1. The molecule has 2 atom stereocenters. The monoisotopic (exact) mass is 381 g/mol. The van der Waals surface area contributed by atoms with Crippen LogP contribution in [0.15, 0.2) is 42.7 Å². The van der Waals surface area contributed by atoms with Crippen LogP contribution in [0, 0.1) is 11.8 Å². The van der Waals surface area contributed by atoms with Crippen LogP contribution in [0.4, 0.5) is 5.69 Å². The highest BCUT2D eigenvalue weighted by Crippen LogP contribution is 2.41. The Morgan fingerprint density at radius 1 is 1.11 bits per heavy atom. The number of aromatic nitrogens is 1. The number of nitrogens with one attached hydrogen (secondary N) is 1. The van der Waals surface area contributed by atoms with Crippen LogP contribution < -0.4 is 14.8 Å². The van der Waals surface area contributed by atoms with Crippen molar-refractivity contribution in [3.05, 3.63) is 48.3 Å². The van der Waals surface area contributed by atoms with E-state index in [1.807, 2.05) is 12.1 Å². The molecule has 146 valence electrons. The summed E-state index contributed by atoms with van der Waals surface area (Å²) in [4.78, 5) is 30.8. The van der Waals surface area contributed by atoms with Crippen molar-refractivity contribution < 1.29 is 19.1 Å². The molecular formula is C21H23N3O4. The standard InChI is InChI=1S/C21H23N3O4/c1-24(9-6-14-4-7-22-8-5-14)21(26)17-13-16(17)20(25)23-15-2-3-18-19(12-15)28-11-10-27-18/h2-5,7-8,12,16-17H,6,9-11,13H2,1H3,(H,23,25). The van der Waals surface area contributed by atoms with Crippen LogP contribution in [0.2, 0.25) is 0 Å². The minimum absolute atomic E-state index is 0.0244. The predicted octanol–water partition coefficient (Wildman–Crippen LogP) is 2.13. The Bertz CT molecular complexity index is 871. The molecule has 28 heavy (non-hydrogen) atoms. The van der Waals surface area contributed by atoms with Gasteiger partial charge in [-0.15, -0.1) is 0 Å². The molecule has 2 aliphatic rings. The normalized spacial score (nSPS) is 19.6. The highest BCUT2D eigenvalue weighted by Gasteiger charge is 2.49. The van der Waals surface area contributed by atoms with E-state index in [9.17, 15) is 9.59 Å². The van der Waals surface area contributed by atoms with Crippen molar-refractivity contribution in [1.82, 2.24) is 9.88 Å². The van der Waals surface area contributed by atoms with Crippen LogP contribution in [0.3, 0.4) is 0 Å². The van der Waals surface area contributed by atoms with Gasteiger partial charge in [0.05, 0.1) is 11.8 Å². The second-order valence-electron chi connectivity index (χ2n) is 7.16. The summed E-state index contributed by atoms with van der Waals surface area (Å²) in [7, 11) is 1.79. The van der Waals surface area contributed by atoms with Crippen LogP contribution in [-0.2, 0) is 16.0 Å². The van der Waals surface area contributed by atoms with Gasteiger partial charge in [-0.1, -0.05) is 0 Å². The summed E-state index contributed by atoms with van der Waals surface area (Å²) in [5, 5.41) is 2.88. The Balaban J connectivity index is 1.28. The Morgan fingerprint density at radius 3 is 2.64 bits per heavy atom. The number of hydrogen-bond acceptors (Lipinski definition) is 5. The number of ether oxygens (including phenoxy) is 2. The Hall–Kier alpha value is -3.09. The van der Waals surface area contributed by atoms with Gasteiger partial charge in [0.15, 0.2) is 11.5 Å². The predicted molar refractivity (Wildman–Crippen MR) is 103 cm³/mol. The number of anilines is 1. The Labute approximate surface area is 163 Å². The van der Waals surface area contributed by atoms with E-state index < -0.39 is 0 Å². The molecule has 1 saturated carbocycles. The van der Waals surface area contributed by atoms with Gasteiger partial charge in [-0.3, -0.25) is 14.6 Å². The van der Waals surface area contributed by atoms with Gasteiger partial charge in [0.25, 0.3) is 0 Å². The molecule has 7 heteroatoms. The lowest BCUT2D eigenvalue weighted by atomic mass is 10.2. The van der Waals surface area contributed by atoms with Crippen molar-refractivity contribution in [2.24, 2.45) is 11.8 Å². The van der Waals surface area contributed by atoms with Crippen molar-refractivity contribution in [2.75, 3.05) is 32.1 Å². The average Bonchev–Trinajstić information content (AvgIpc) is 3.53. The fourth-order valence-electron chi connectivity index (χ4n) is 3.35. The van der Waals surface area contributed by atoms with Crippen LogP contribution in [0.25, 0.3) is 0 Å². The van der Waals surface area contributed by atoms with Gasteiger partial charge >= 0.3 is 0 Å². The SMILES string of the molecule is CN(CCc1ccncc1)C(=O)C1CC1C(=O)Nc1ccc2c(c1)OCCO2. The first kappa shape index (κ1) is 18.3. The molecular weight excluding hydrogens is 358 g/mol. The summed E-state index contributed by atoms with van der Waals surface area (Å²) in [6.45, 7) is 1.64. The molecule has 1 aliphatic carbocycles. The molecule has 2 aromatic rings. The lowest BCUT2D eigenvalue weighted by Crippen LogP contribution is -2.31. The van der Waals surface area contributed by atoms with Crippen molar-refractivity contribution in [1.29, 1.82) is 0 Å². The molecule has 0 bridgehead atoms. The summed E-state index contributed by atoms with van der Waals surface area (Å²) in [6, 6.07) is 9.21. The molecule has 7 nitrogen and oxygen atoms in total. The van der Waals surface area contributed by atoms with Gasteiger partial charge in [0.1, 0.15) is 13.2 Å². The summed E-state index contributed by atoms with van der Waals surface area (Å²) in [6.07, 6.45) is 4.85. The maximum absolute atomic E-state index is 12.6. The first-order chi connectivity index (χ1) is 13.6. The molecule has 1 N–H and O–H groups in total. The minimum Gasteiger partial charge on any atom is -0.486 e. The van der Waals surface area contributed by atoms with Crippen molar-refractivity contribution in [3.63, 3.8) is 0 Å². The number of carbonyl (C=O) groups is 2. The molecule has 1 fully saturated rings. The maximum atomic E-state index is 12.6. The topological polar surface area (TPSA) is 80.8 Å². The zero-order valence-corrected chi connectivity index (χ0v) is 15.8. The summed E-state index contributed by atoms with van der Waals surface area (Å²) in [5.74, 6) is 0.695. The molecule has 0 spiro atoms. The van der Waals surface area contributed by atoms with E-state index in [-0.39, 0.29) is 23.7 Å². The fraction of sp³-hybridized carbons (Fsp3) is 0.381. The van der Waals surface area contributed by atoms with Gasteiger partial charge < -0.3 is 19.7 Å². The minimum atomic E-state index is -0.274. The summed E-state index contributed by atoms with van der Waals surface area (Å²) < 4.78 is 11.0. The van der Waals surface area contributed by atoms with E-state index in [0.29, 0.717) is 43.4 Å². The molecule has 1 aromatic heterocycles. The highest BCUT2D eigenvalue weighted by molar-refractivity contribution is 5.99. The molecule has 0 radical (unpaired) electrons. The molecule has 0 saturated heterocycles. The summed E-state index contributed by atoms with van der Waals surface area (Å²) in [5.41, 5.74) is 1.79. The molecule has 2 amide bonds. The fourth-order valence-corrected chi connectivity index (χ4v) is 3.35. The number of rotatable bonds is 6. The van der Waals surface area contributed by atoms with Gasteiger partial charge in [0, 0.05) is 37.7 Å². The summed E-state index contributed by atoms with van der Waals surface area (Å²) >= 11 is 0. The first-order valence-electron chi connectivity index (χ1n) is 9.46. The number of pyridine rings is 1. The second kappa shape index (κ2) is 7.88.